The van der Waals surface area contributed by atoms with Crippen LogP contribution in [0, 0.1) is 3.57 Å². The molecule has 0 aliphatic carbocycles. The SMILES string of the molecule is CCCCCCCCCCCCCCCC(=O)OC[C@@H]1O[C@H](n2cc(I)c(=O)[nH]c2=O)CC1O. The van der Waals surface area contributed by atoms with E-state index in [1.54, 1.807) is 0 Å². The minimum absolute atomic E-state index is 0.0514. The number of nitrogens with zero attached hydrogens (tertiary/aromatic N) is 1. The summed E-state index contributed by atoms with van der Waals surface area (Å²) in [7, 11) is 0. The Morgan fingerprint density at radius 2 is 1.62 bits per heavy atom. The van der Waals surface area contributed by atoms with Crippen LogP contribution in [0.3, 0.4) is 0 Å². The number of ether oxygens (including phenoxy) is 2. The molecule has 0 spiro atoms. The van der Waals surface area contributed by atoms with Crippen LogP contribution in [0.1, 0.15) is 109 Å². The topological polar surface area (TPSA) is 111 Å². The number of aliphatic hydroxyl groups excluding tert-OH is 1. The van der Waals surface area contributed by atoms with Crippen molar-refractivity contribution in [2.75, 3.05) is 6.61 Å². The molecule has 1 aromatic heterocycles. The molecule has 194 valence electrons. The molecule has 34 heavy (non-hydrogen) atoms. The van der Waals surface area contributed by atoms with E-state index in [1.807, 2.05) is 22.6 Å². The Bertz CT molecular complexity index is 839. The number of unbranched alkanes of at least 4 members (excludes halogenated alkanes) is 12. The van der Waals surface area contributed by atoms with Crippen LogP contribution in [0.5, 0.6) is 0 Å². The van der Waals surface area contributed by atoms with Gasteiger partial charge in [-0.2, -0.15) is 0 Å². The molecule has 9 heteroatoms. The number of esters is 1. The lowest BCUT2D eigenvalue weighted by atomic mass is 10.0. The van der Waals surface area contributed by atoms with Gasteiger partial charge in [0, 0.05) is 19.0 Å². The van der Waals surface area contributed by atoms with Crippen molar-refractivity contribution in [1.82, 2.24) is 9.55 Å². The van der Waals surface area contributed by atoms with Crippen molar-refractivity contribution < 1.29 is 19.4 Å². The fourth-order valence-electron chi connectivity index (χ4n) is 4.24. The van der Waals surface area contributed by atoms with E-state index in [1.165, 1.54) is 75.0 Å². The molecule has 0 saturated carbocycles. The zero-order chi connectivity index (χ0) is 24.8. The Morgan fingerprint density at radius 1 is 1.06 bits per heavy atom. The predicted octanol–water partition coefficient (Wildman–Crippen LogP) is 4.81. The fraction of sp³-hybridized carbons (Fsp3) is 0.800. The Balaban J connectivity index is 1.51. The van der Waals surface area contributed by atoms with Gasteiger partial charge < -0.3 is 14.6 Å². The molecule has 1 fully saturated rings. The second kappa shape index (κ2) is 16.5. The number of nitrogens with one attached hydrogen (secondary N) is 1. The third-order valence-electron chi connectivity index (χ3n) is 6.33. The van der Waals surface area contributed by atoms with Crippen LogP contribution >= 0.6 is 22.6 Å². The van der Waals surface area contributed by atoms with Gasteiger partial charge in [0.25, 0.3) is 5.56 Å². The summed E-state index contributed by atoms with van der Waals surface area (Å²) in [5.74, 6) is -0.293. The number of hydrogen-bond donors (Lipinski definition) is 2. The van der Waals surface area contributed by atoms with Gasteiger partial charge in [-0.05, 0) is 29.0 Å². The predicted molar refractivity (Wildman–Crippen MR) is 140 cm³/mol. The van der Waals surface area contributed by atoms with Gasteiger partial charge in [0.1, 0.15) is 18.9 Å². The summed E-state index contributed by atoms with van der Waals surface area (Å²) in [6.07, 6.45) is 16.0. The first-order valence-electron chi connectivity index (χ1n) is 12.9. The lowest BCUT2D eigenvalue weighted by molar-refractivity contribution is -0.150. The Hall–Kier alpha value is -1.20. The molecule has 2 heterocycles. The van der Waals surface area contributed by atoms with E-state index in [-0.39, 0.29) is 19.0 Å². The molecule has 1 saturated heterocycles. The zero-order valence-electron chi connectivity index (χ0n) is 20.4. The van der Waals surface area contributed by atoms with Crippen LogP contribution in [0.2, 0.25) is 0 Å². The molecular weight excluding hydrogens is 551 g/mol. The van der Waals surface area contributed by atoms with E-state index in [4.69, 9.17) is 9.47 Å². The van der Waals surface area contributed by atoms with Crippen molar-refractivity contribution >= 4 is 28.6 Å². The molecule has 8 nitrogen and oxygen atoms in total. The van der Waals surface area contributed by atoms with E-state index in [9.17, 15) is 19.5 Å². The highest BCUT2D eigenvalue weighted by atomic mass is 127. The molecule has 0 radical (unpaired) electrons. The van der Waals surface area contributed by atoms with Crippen molar-refractivity contribution in [1.29, 1.82) is 0 Å². The number of carbonyl (C=O) groups is 1. The first kappa shape index (κ1) is 29.0. The van der Waals surface area contributed by atoms with E-state index < -0.39 is 29.7 Å². The maximum absolute atomic E-state index is 12.0. The van der Waals surface area contributed by atoms with Gasteiger partial charge in [-0.25, -0.2) is 4.79 Å². The summed E-state index contributed by atoms with van der Waals surface area (Å²) >= 11 is 1.83. The average Bonchev–Trinajstić information content (AvgIpc) is 3.18. The van der Waals surface area contributed by atoms with Crippen LogP contribution in [-0.2, 0) is 14.3 Å². The molecule has 1 unspecified atom stereocenters. The van der Waals surface area contributed by atoms with Crippen LogP contribution in [0.15, 0.2) is 15.8 Å². The Labute approximate surface area is 216 Å². The zero-order valence-corrected chi connectivity index (χ0v) is 22.6. The third kappa shape index (κ3) is 10.6. The van der Waals surface area contributed by atoms with Gasteiger partial charge in [-0.15, -0.1) is 0 Å². The van der Waals surface area contributed by atoms with Gasteiger partial charge in [0.15, 0.2) is 0 Å². The summed E-state index contributed by atoms with van der Waals surface area (Å²) in [6.45, 7) is 2.20. The maximum Gasteiger partial charge on any atom is 0.330 e. The smallest absolute Gasteiger partial charge is 0.330 e. The van der Waals surface area contributed by atoms with Crippen molar-refractivity contribution in [3.05, 3.63) is 30.6 Å². The number of hydrogen-bond acceptors (Lipinski definition) is 6. The highest BCUT2D eigenvalue weighted by Gasteiger charge is 2.36. The number of halogens is 1. The number of rotatable bonds is 17. The first-order chi connectivity index (χ1) is 16.4. The summed E-state index contributed by atoms with van der Waals surface area (Å²) in [5.41, 5.74) is -1.05. The number of aromatic amines is 1. The molecule has 1 aromatic rings. The molecule has 3 atom stereocenters. The highest BCUT2D eigenvalue weighted by molar-refractivity contribution is 14.1. The van der Waals surface area contributed by atoms with Crippen molar-refractivity contribution in [3.8, 4) is 0 Å². The molecule has 2 N–H and O–H groups in total. The molecule has 0 amide bonds. The summed E-state index contributed by atoms with van der Waals surface area (Å²) in [6, 6.07) is 0. The van der Waals surface area contributed by atoms with E-state index in [0.29, 0.717) is 9.99 Å². The Kier molecular flexibility index (Phi) is 14.1. The Morgan fingerprint density at radius 3 is 2.21 bits per heavy atom. The minimum atomic E-state index is -0.856. The standard InChI is InChI=1S/C25H41IN2O6/c1-2-3-4-5-6-7-8-9-10-11-12-13-14-15-23(30)33-18-21-20(29)16-22(34-21)28-17-19(26)24(31)27-25(28)32/h17,20-22,29H,2-16,18H2,1H3,(H,27,31,32)/t20?,21-,22-/m0/s1. The van der Waals surface area contributed by atoms with Crippen molar-refractivity contribution in [2.45, 2.75) is 122 Å². The molecule has 1 aliphatic heterocycles. The molecular formula is C25H41IN2O6. The second-order valence-electron chi connectivity index (χ2n) is 9.25. The lowest BCUT2D eigenvalue weighted by Crippen LogP contribution is -2.33. The summed E-state index contributed by atoms with van der Waals surface area (Å²) < 4.78 is 12.6. The van der Waals surface area contributed by atoms with Gasteiger partial charge in [0.05, 0.1) is 9.67 Å². The van der Waals surface area contributed by atoms with Crippen LogP contribution in [-0.4, -0.2) is 39.4 Å². The molecule has 1 aliphatic rings. The largest absolute Gasteiger partial charge is 0.463 e. The van der Waals surface area contributed by atoms with E-state index in [0.717, 1.165) is 19.3 Å². The van der Waals surface area contributed by atoms with Crippen molar-refractivity contribution in [3.63, 3.8) is 0 Å². The highest BCUT2D eigenvalue weighted by Crippen LogP contribution is 2.28. The van der Waals surface area contributed by atoms with Crippen molar-refractivity contribution in [2.24, 2.45) is 0 Å². The number of carbonyl (C=O) groups excluding carboxylic acids is 1. The minimum Gasteiger partial charge on any atom is -0.463 e. The van der Waals surface area contributed by atoms with Gasteiger partial charge >= 0.3 is 11.7 Å². The summed E-state index contributed by atoms with van der Waals surface area (Å²) in [4.78, 5) is 37.8. The number of aliphatic hydroxyl groups is 1. The monoisotopic (exact) mass is 592 g/mol. The van der Waals surface area contributed by atoms with Gasteiger partial charge in [-0.1, -0.05) is 84.0 Å². The third-order valence-corrected chi connectivity index (χ3v) is 7.10. The molecule has 0 bridgehead atoms. The number of aromatic nitrogens is 2. The fourth-order valence-corrected chi connectivity index (χ4v) is 4.68. The first-order valence-corrected chi connectivity index (χ1v) is 14.0. The van der Waals surface area contributed by atoms with Gasteiger partial charge in [-0.3, -0.25) is 19.1 Å². The second-order valence-corrected chi connectivity index (χ2v) is 10.4. The van der Waals surface area contributed by atoms with Gasteiger partial charge in [0.2, 0.25) is 0 Å². The summed E-state index contributed by atoms with van der Waals surface area (Å²) in [5, 5.41) is 10.2. The van der Waals surface area contributed by atoms with Crippen LogP contribution in [0.25, 0.3) is 0 Å². The maximum atomic E-state index is 12.0. The quantitative estimate of drug-likeness (QED) is 0.153. The van der Waals surface area contributed by atoms with E-state index in [2.05, 4.69) is 11.9 Å². The molecule has 2 rings (SSSR count). The lowest BCUT2D eigenvalue weighted by Gasteiger charge is -2.16. The number of H-pyrrole nitrogens is 1. The van der Waals surface area contributed by atoms with E-state index >= 15 is 0 Å². The van der Waals surface area contributed by atoms with Crippen LogP contribution < -0.4 is 11.2 Å². The van der Waals surface area contributed by atoms with Crippen LogP contribution in [0.4, 0.5) is 0 Å². The normalized spacial score (nSPS) is 20.0. The average molecular weight is 593 g/mol. The molecule has 0 aromatic carbocycles.